The lowest BCUT2D eigenvalue weighted by molar-refractivity contribution is -0.130. The molecule has 3 aromatic heterocycles. The maximum Gasteiger partial charge on any atom is 0.355 e. The minimum absolute atomic E-state index is 0.0648. The number of fused-ring (bicyclic) bond motifs is 1. The van der Waals surface area contributed by atoms with E-state index in [0.29, 0.717) is 12.1 Å². The summed E-state index contributed by atoms with van der Waals surface area (Å²) in [5, 5.41) is 8.49. The van der Waals surface area contributed by atoms with Crippen LogP contribution in [0.3, 0.4) is 0 Å². The zero-order valence-electron chi connectivity index (χ0n) is 18.5. The topological polar surface area (TPSA) is 89.2 Å². The van der Waals surface area contributed by atoms with Crippen molar-refractivity contribution in [3.8, 4) is 5.75 Å². The summed E-state index contributed by atoms with van der Waals surface area (Å²) in [5.41, 5.74) is 2.93. The molecule has 172 valence electrons. The lowest BCUT2D eigenvalue weighted by atomic mass is 10.0. The van der Waals surface area contributed by atoms with Gasteiger partial charge >= 0.3 is 5.69 Å². The summed E-state index contributed by atoms with van der Waals surface area (Å²) >= 11 is 2.74. The fraction of sp³-hybridized carbons (Fsp3) is 0.208. The van der Waals surface area contributed by atoms with Gasteiger partial charge < -0.3 is 4.74 Å². The van der Waals surface area contributed by atoms with E-state index in [1.807, 2.05) is 60.8 Å². The van der Waals surface area contributed by atoms with Crippen molar-refractivity contribution in [3.63, 3.8) is 0 Å². The number of carbonyl (C=O) groups is 1. The van der Waals surface area contributed by atoms with Gasteiger partial charge in [-0.1, -0.05) is 30.0 Å². The lowest BCUT2D eigenvalue weighted by Gasteiger charge is -2.22. The Kier molecular flexibility index (Phi) is 6.16. The number of thiophene rings is 1. The van der Waals surface area contributed by atoms with E-state index in [9.17, 15) is 9.59 Å². The van der Waals surface area contributed by atoms with E-state index < -0.39 is 5.69 Å². The predicted octanol–water partition coefficient (Wildman–Crippen LogP) is 3.94. The second kappa shape index (κ2) is 9.40. The van der Waals surface area contributed by atoms with Crippen LogP contribution in [0.4, 0.5) is 0 Å². The standard InChI is InChI=1S/C24H21N5O3S2/c1-15-9-10-28-21(12-15)25-23(26-24(28)31)34-14-22(30)29-19(16-5-7-17(32-2)8-6-16)13-18(27-29)20-4-3-11-33-20/h3-12,19H,13-14H2,1-2H3/t19-/m1/s1. The van der Waals surface area contributed by atoms with Crippen molar-refractivity contribution in [3.05, 3.63) is 86.6 Å². The molecule has 1 amide bonds. The Balaban J connectivity index is 1.39. The third kappa shape index (κ3) is 4.46. The first-order valence-electron chi connectivity index (χ1n) is 10.6. The van der Waals surface area contributed by atoms with E-state index in [2.05, 4.69) is 15.1 Å². The second-order valence-corrected chi connectivity index (χ2v) is 9.66. The summed E-state index contributed by atoms with van der Waals surface area (Å²) in [6.07, 6.45) is 2.27. The molecule has 0 saturated carbocycles. The Bertz CT molecular complexity index is 1430. The molecule has 1 aliphatic heterocycles. The quantitative estimate of drug-likeness (QED) is 0.380. The highest BCUT2D eigenvalue weighted by Crippen LogP contribution is 2.35. The van der Waals surface area contributed by atoms with Gasteiger partial charge in [0.2, 0.25) is 0 Å². The third-order valence-corrected chi connectivity index (χ3v) is 7.25. The summed E-state index contributed by atoms with van der Waals surface area (Å²) in [5.74, 6) is 0.643. The van der Waals surface area contributed by atoms with Crippen LogP contribution >= 0.6 is 23.1 Å². The largest absolute Gasteiger partial charge is 0.497 e. The highest BCUT2D eigenvalue weighted by atomic mass is 32.2. The molecule has 1 atom stereocenters. The van der Waals surface area contributed by atoms with Crippen LogP contribution in [0.25, 0.3) is 5.65 Å². The van der Waals surface area contributed by atoms with Crippen LogP contribution in [0.2, 0.25) is 0 Å². The van der Waals surface area contributed by atoms with Crippen LogP contribution in [0.5, 0.6) is 5.75 Å². The average molecular weight is 492 g/mol. The highest BCUT2D eigenvalue weighted by molar-refractivity contribution is 7.99. The first-order valence-corrected chi connectivity index (χ1v) is 12.5. The maximum atomic E-state index is 13.3. The molecule has 0 bridgehead atoms. The Hall–Kier alpha value is -3.50. The van der Waals surface area contributed by atoms with Crippen LogP contribution in [0.1, 0.15) is 28.5 Å². The van der Waals surface area contributed by atoms with Gasteiger partial charge in [0.1, 0.15) is 11.4 Å². The van der Waals surface area contributed by atoms with Crippen molar-refractivity contribution in [2.75, 3.05) is 12.9 Å². The number of thioether (sulfide) groups is 1. The van der Waals surface area contributed by atoms with Gasteiger partial charge in [0.15, 0.2) is 5.16 Å². The fourth-order valence-electron chi connectivity index (χ4n) is 3.77. The molecule has 0 aliphatic carbocycles. The van der Waals surface area contributed by atoms with E-state index in [0.717, 1.165) is 39.2 Å². The van der Waals surface area contributed by atoms with Gasteiger partial charge in [0, 0.05) is 12.6 Å². The summed E-state index contributed by atoms with van der Waals surface area (Å²) in [7, 11) is 1.62. The van der Waals surface area contributed by atoms with Crippen LogP contribution < -0.4 is 10.4 Å². The van der Waals surface area contributed by atoms with Gasteiger partial charge in [-0.05, 0) is 53.8 Å². The number of aromatic nitrogens is 3. The second-order valence-electron chi connectivity index (χ2n) is 7.77. The number of benzene rings is 1. The van der Waals surface area contributed by atoms with Crippen molar-refractivity contribution in [1.29, 1.82) is 0 Å². The number of amides is 1. The summed E-state index contributed by atoms with van der Waals surface area (Å²) in [6.45, 7) is 1.93. The summed E-state index contributed by atoms with van der Waals surface area (Å²) in [6, 6.07) is 15.1. The van der Waals surface area contributed by atoms with Gasteiger partial charge in [-0.15, -0.1) is 11.3 Å². The number of methoxy groups -OCH3 is 1. The normalized spacial score (nSPS) is 15.5. The van der Waals surface area contributed by atoms with Crippen molar-refractivity contribution in [2.45, 2.75) is 24.5 Å². The zero-order chi connectivity index (χ0) is 23.7. The third-order valence-electron chi connectivity index (χ3n) is 5.49. The Morgan fingerprint density at radius 1 is 1.21 bits per heavy atom. The number of nitrogens with zero attached hydrogens (tertiary/aromatic N) is 5. The smallest absolute Gasteiger partial charge is 0.355 e. The number of hydrogen-bond acceptors (Lipinski definition) is 8. The Morgan fingerprint density at radius 2 is 2.03 bits per heavy atom. The van der Waals surface area contributed by atoms with Crippen LogP contribution in [0, 0.1) is 6.92 Å². The van der Waals surface area contributed by atoms with Crippen LogP contribution in [-0.4, -0.2) is 43.9 Å². The van der Waals surface area contributed by atoms with Crippen molar-refractivity contribution in [2.24, 2.45) is 5.10 Å². The van der Waals surface area contributed by atoms with Gasteiger partial charge in [0.25, 0.3) is 5.91 Å². The SMILES string of the molecule is COc1ccc([C@H]2CC(c3cccs3)=NN2C(=O)CSc2nc(=O)n3ccc(C)cc3n2)cc1. The van der Waals surface area contributed by atoms with E-state index in [-0.39, 0.29) is 22.9 Å². The molecule has 0 fully saturated rings. The number of rotatable bonds is 6. The molecule has 4 heterocycles. The molecule has 1 aliphatic rings. The minimum atomic E-state index is -0.421. The minimum Gasteiger partial charge on any atom is -0.497 e. The molecule has 34 heavy (non-hydrogen) atoms. The number of ether oxygens (including phenoxy) is 1. The first kappa shape index (κ1) is 22.3. The predicted molar refractivity (Wildman–Crippen MR) is 133 cm³/mol. The molecular formula is C24H21N5O3S2. The molecule has 8 nitrogen and oxygen atoms in total. The van der Waals surface area contributed by atoms with E-state index in [4.69, 9.17) is 4.74 Å². The number of pyridine rings is 1. The summed E-state index contributed by atoms with van der Waals surface area (Å²) < 4.78 is 6.65. The Morgan fingerprint density at radius 3 is 2.76 bits per heavy atom. The number of hydrogen-bond donors (Lipinski definition) is 0. The molecule has 0 N–H and O–H groups in total. The molecule has 1 aromatic carbocycles. The molecule has 0 radical (unpaired) electrons. The molecule has 5 rings (SSSR count). The molecule has 10 heteroatoms. The monoisotopic (exact) mass is 491 g/mol. The first-order chi connectivity index (χ1) is 16.5. The number of hydrazone groups is 1. The highest BCUT2D eigenvalue weighted by Gasteiger charge is 2.33. The van der Waals surface area contributed by atoms with Gasteiger partial charge in [-0.3, -0.25) is 9.20 Å². The molecular weight excluding hydrogens is 470 g/mol. The molecule has 4 aromatic rings. The van der Waals surface area contributed by atoms with Crippen LogP contribution in [-0.2, 0) is 4.79 Å². The van der Waals surface area contributed by atoms with Crippen molar-refractivity contribution >= 4 is 40.4 Å². The average Bonchev–Trinajstić information content (AvgIpc) is 3.53. The summed E-state index contributed by atoms with van der Waals surface area (Å²) in [4.78, 5) is 35.1. The number of aryl methyl sites for hydroxylation is 1. The Labute approximate surface area is 203 Å². The number of carbonyl (C=O) groups excluding carboxylic acids is 1. The maximum absolute atomic E-state index is 13.3. The molecule has 0 spiro atoms. The van der Waals surface area contributed by atoms with E-state index in [1.165, 1.54) is 4.40 Å². The van der Waals surface area contributed by atoms with Gasteiger partial charge in [-0.25, -0.2) is 14.8 Å². The lowest BCUT2D eigenvalue weighted by Crippen LogP contribution is -2.29. The molecule has 0 unspecified atom stereocenters. The van der Waals surface area contributed by atoms with Gasteiger partial charge in [0.05, 0.1) is 29.5 Å². The van der Waals surface area contributed by atoms with Crippen LogP contribution in [0.15, 0.2) is 75.2 Å². The molecule has 0 saturated heterocycles. The van der Waals surface area contributed by atoms with Crippen molar-refractivity contribution in [1.82, 2.24) is 19.4 Å². The van der Waals surface area contributed by atoms with Gasteiger partial charge in [-0.2, -0.15) is 10.1 Å². The fourth-order valence-corrected chi connectivity index (χ4v) is 5.18. The van der Waals surface area contributed by atoms with Crippen molar-refractivity contribution < 1.29 is 9.53 Å². The van der Waals surface area contributed by atoms with E-state index in [1.54, 1.807) is 29.7 Å². The van der Waals surface area contributed by atoms with E-state index >= 15 is 0 Å². The zero-order valence-corrected chi connectivity index (χ0v) is 20.2.